The SMILES string of the molecule is CC(C)(C)c1csc(Nc2ccccc2Oc2ccccc2C(C)(C)C)n1. The quantitative estimate of drug-likeness (QED) is 0.516. The minimum absolute atomic E-state index is 0.00980. The topological polar surface area (TPSA) is 34.1 Å². The molecule has 4 heteroatoms. The predicted molar refractivity (Wildman–Crippen MR) is 116 cm³/mol. The molecule has 0 aliphatic heterocycles. The standard InChI is InChI=1S/C23H28N2OS/c1-22(2,3)16-11-7-9-13-18(16)26-19-14-10-8-12-17(19)24-21-25-20(15-27-21)23(4,5)6/h7-15H,1-6H3,(H,24,25). The second-order valence-electron chi connectivity index (χ2n) is 8.76. The molecule has 0 aliphatic rings. The molecule has 3 rings (SSSR count). The first-order chi connectivity index (χ1) is 12.6. The van der Waals surface area contributed by atoms with Gasteiger partial charge in [-0.1, -0.05) is 71.9 Å². The Morgan fingerprint density at radius 3 is 2.07 bits per heavy atom. The zero-order valence-corrected chi connectivity index (χ0v) is 17.8. The lowest BCUT2D eigenvalue weighted by atomic mass is 9.86. The van der Waals surface area contributed by atoms with Gasteiger partial charge < -0.3 is 10.1 Å². The van der Waals surface area contributed by atoms with Crippen molar-refractivity contribution < 1.29 is 4.74 Å². The molecule has 142 valence electrons. The first-order valence-electron chi connectivity index (χ1n) is 9.24. The molecule has 0 radical (unpaired) electrons. The van der Waals surface area contributed by atoms with Crippen molar-refractivity contribution in [2.75, 3.05) is 5.32 Å². The zero-order chi connectivity index (χ0) is 19.7. The Morgan fingerprint density at radius 2 is 1.44 bits per heavy atom. The van der Waals surface area contributed by atoms with Gasteiger partial charge in [0.25, 0.3) is 0 Å². The van der Waals surface area contributed by atoms with Crippen LogP contribution in [0.4, 0.5) is 10.8 Å². The fourth-order valence-electron chi connectivity index (χ4n) is 2.74. The first-order valence-corrected chi connectivity index (χ1v) is 10.1. The van der Waals surface area contributed by atoms with E-state index < -0.39 is 0 Å². The molecular weight excluding hydrogens is 352 g/mol. The number of hydrogen-bond acceptors (Lipinski definition) is 4. The molecule has 0 spiro atoms. The van der Waals surface area contributed by atoms with Gasteiger partial charge in [-0.15, -0.1) is 11.3 Å². The Kier molecular flexibility index (Phi) is 5.29. The lowest BCUT2D eigenvalue weighted by Crippen LogP contribution is -2.12. The molecule has 1 N–H and O–H groups in total. The molecular formula is C23H28N2OS. The fraction of sp³-hybridized carbons (Fsp3) is 0.348. The molecule has 1 heterocycles. The molecule has 0 bridgehead atoms. The minimum atomic E-state index is 0.00980. The highest BCUT2D eigenvalue weighted by atomic mass is 32.1. The molecule has 0 unspecified atom stereocenters. The number of nitrogens with zero attached hydrogens (tertiary/aromatic N) is 1. The zero-order valence-electron chi connectivity index (χ0n) is 17.0. The van der Waals surface area contributed by atoms with Gasteiger partial charge in [0, 0.05) is 16.4 Å². The molecule has 0 saturated heterocycles. The summed E-state index contributed by atoms with van der Waals surface area (Å²) in [6.07, 6.45) is 0. The number of thiazole rings is 1. The highest BCUT2D eigenvalue weighted by molar-refractivity contribution is 7.13. The monoisotopic (exact) mass is 380 g/mol. The maximum absolute atomic E-state index is 6.33. The van der Waals surface area contributed by atoms with Crippen LogP contribution < -0.4 is 10.1 Å². The van der Waals surface area contributed by atoms with Crippen LogP contribution in [-0.2, 0) is 10.8 Å². The lowest BCUT2D eigenvalue weighted by Gasteiger charge is -2.23. The summed E-state index contributed by atoms with van der Waals surface area (Å²) in [5, 5.41) is 6.41. The summed E-state index contributed by atoms with van der Waals surface area (Å²) in [5.41, 5.74) is 3.24. The van der Waals surface area contributed by atoms with Gasteiger partial charge in [0.15, 0.2) is 10.9 Å². The van der Waals surface area contributed by atoms with E-state index in [2.05, 4.69) is 64.4 Å². The third kappa shape index (κ3) is 4.69. The van der Waals surface area contributed by atoms with Crippen LogP contribution in [0, 0.1) is 0 Å². The average Bonchev–Trinajstić information content (AvgIpc) is 3.05. The van der Waals surface area contributed by atoms with Crippen molar-refractivity contribution in [2.24, 2.45) is 0 Å². The fourth-order valence-corrected chi connectivity index (χ4v) is 3.69. The van der Waals surface area contributed by atoms with Crippen LogP contribution in [0.1, 0.15) is 52.8 Å². The average molecular weight is 381 g/mol. The van der Waals surface area contributed by atoms with Crippen LogP contribution in [0.2, 0.25) is 0 Å². The Bertz CT molecular complexity index is 916. The van der Waals surface area contributed by atoms with Gasteiger partial charge in [0.1, 0.15) is 5.75 Å². The molecule has 0 fully saturated rings. The van der Waals surface area contributed by atoms with E-state index in [0.29, 0.717) is 0 Å². The lowest BCUT2D eigenvalue weighted by molar-refractivity contribution is 0.457. The summed E-state index contributed by atoms with van der Waals surface area (Å²) in [6, 6.07) is 16.2. The summed E-state index contributed by atoms with van der Waals surface area (Å²) in [7, 11) is 0. The van der Waals surface area contributed by atoms with Gasteiger partial charge in [-0.25, -0.2) is 4.98 Å². The van der Waals surface area contributed by atoms with Crippen LogP contribution in [0.15, 0.2) is 53.9 Å². The predicted octanol–water partition coefficient (Wildman–Crippen LogP) is 7.27. The van der Waals surface area contributed by atoms with E-state index in [1.54, 1.807) is 11.3 Å². The van der Waals surface area contributed by atoms with Crippen LogP contribution >= 0.6 is 11.3 Å². The van der Waals surface area contributed by atoms with Crippen molar-refractivity contribution in [2.45, 2.75) is 52.4 Å². The van der Waals surface area contributed by atoms with Crippen LogP contribution in [-0.4, -0.2) is 4.98 Å². The van der Waals surface area contributed by atoms with Crippen molar-refractivity contribution in [3.05, 3.63) is 65.2 Å². The Balaban J connectivity index is 1.89. The van der Waals surface area contributed by atoms with E-state index in [1.165, 1.54) is 5.56 Å². The maximum atomic E-state index is 6.33. The van der Waals surface area contributed by atoms with E-state index in [-0.39, 0.29) is 10.8 Å². The molecule has 3 aromatic rings. The van der Waals surface area contributed by atoms with E-state index in [9.17, 15) is 0 Å². The van der Waals surface area contributed by atoms with Gasteiger partial charge in [0.2, 0.25) is 0 Å². The summed E-state index contributed by atoms with van der Waals surface area (Å²) >= 11 is 1.62. The van der Waals surface area contributed by atoms with E-state index in [1.807, 2.05) is 36.4 Å². The number of nitrogens with one attached hydrogen (secondary N) is 1. The molecule has 0 amide bonds. The van der Waals surface area contributed by atoms with E-state index >= 15 is 0 Å². The summed E-state index contributed by atoms with van der Waals surface area (Å²) < 4.78 is 6.33. The van der Waals surface area contributed by atoms with Crippen molar-refractivity contribution in [1.29, 1.82) is 0 Å². The second-order valence-corrected chi connectivity index (χ2v) is 9.62. The smallest absolute Gasteiger partial charge is 0.187 e. The van der Waals surface area contributed by atoms with Crippen molar-refractivity contribution in [1.82, 2.24) is 4.98 Å². The van der Waals surface area contributed by atoms with Gasteiger partial charge in [-0.2, -0.15) is 0 Å². The molecule has 1 aromatic heterocycles. The van der Waals surface area contributed by atoms with Crippen molar-refractivity contribution >= 4 is 22.2 Å². The molecule has 0 aliphatic carbocycles. The number of hydrogen-bond donors (Lipinski definition) is 1. The first kappa shape index (κ1) is 19.4. The minimum Gasteiger partial charge on any atom is -0.455 e. The second kappa shape index (κ2) is 7.35. The number of anilines is 2. The molecule has 0 saturated carbocycles. The van der Waals surface area contributed by atoms with Crippen molar-refractivity contribution in [3.8, 4) is 11.5 Å². The van der Waals surface area contributed by atoms with E-state index in [4.69, 9.17) is 9.72 Å². The molecule has 0 atom stereocenters. The van der Waals surface area contributed by atoms with Crippen LogP contribution in [0.25, 0.3) is 0 Å². The number of benzene rings is 2. The third-order valence-electron chi connectivity index (χ3n) is 4.32. The van der Waals surface area contributed by atoms with Gasteiger partial charge in [-0.05, 0) is 23.6 Å². The van der Waals surface area contributed by atoms with Gasteiger partial charge >= 0.3 is 0 Å². The summed E-state index contributed by atoms with van der Waals surface area (Å²) in [4.78, 5) is 4.73. The summed E-state index contributed by atoms with van der Waals surface area (Å²) in [5.74, 6) is 1.68. The normalized spacial score (nSPS) is 12.1. The highest BCUT2D eigenvalue weighted by Gasteiger charge is 2.20. The Labute approximate surface area is 166 Å². The summed E-state index contributed by atoms with van der Waals surface area (Å²) in [6.45, 7) is 13.1. The van der Waals surface area contributed by atoms with Crippen LogP contribution in [0.5, 0.6) is 11.5 Å². The van der Waals surface area contributed by atoms with Gasteiger partial charge in [-0.3, -0.25) is 0 Å². The Hall–Kier alpha value is -2.33. The van der Waals surface area contributed by atoms with Gasteiger partial charge in [0.05, 0.1) is 11.4 Å². The largest absolute Gasteiger partial charge is 0.455 e. The van der Waals surface area contributed by atoms with Crippen LogP contribution in [0.3, 0.4) is 0 Å². The highest BCUT2D eigenvalue weighted by Crippen LogP contribution is 2.38. The molecule has 27 heavy (non-hydrogen) atoms. The Morgan fingerprint density at radius 1 is 0.815 bits per heavy atom. The third-order valence-corrected chi connectivity index (χ3v) is 5.07. The number of aromatic nitrogens is 1. The number of para-hydroxylation sites is 3. The number of rotatable bonds is 4. The van der Waals surface area contributed by atoms with Crippen molar-refractivity contribution in [3.63, 3.8) is 0 Å². The molecule has 2 aromatic carbocycles. The van der Waals surface area contributed by atoms with E-state index in [0.717, 1.165) is 28.0 Å². The molecule has 3 nitrogen and oxygen atoms in total. The maximum Gasteiger partial charge on any atom is 0.187 e. The number of ether oxygens (including phenoxy) is 1.